The summed E-state index contributed by atoms with van der Waals surface area (Å²) in [6.45, 7) is 0. The molecule has 0 radical (unpaired) electrons. The predicted molar refractivity (Wildman–Crippen MR) is 172 cm³/mol. The molecule has 0 fully saturated rings. The van der Waals surface area contributed by atoms with Gasteiger partial charge >= 0.3 is 23.9 Å². The molecule has 7 N–H and O–H groups in total. The number of esters is 2. The van der Waals surface area contributed by atoms with Crippen LogP contribution in [0.4, 0.5) is 0 Å². The number of hydrogen-bond acceptors (Lipinski definition) is 12. The average molecular weight is 687 g/mol. The van der Waals surface area contributed by atoms with Gasteiger partial charge in [-0.25, -0.2) is 14.4 Å². The fourth-order valence-electron chi connectivity index (χ4n) is 5.41. The fraction of sp³-hybridized carbons (Fsp3) is 0.167. The van der Waals surface area contributed by atoms with E-state index < -0.39 is 83.3 Å². The van der Waals surface area contributed by atoms with E-state index in [1.165, 1.54) is 30.3 Å². The van der Waals surface area contributed by atoms with Crippen molar-refractivity contribution < 1.29 is 69.1 Å². The summed E-state index contributed by atoms with van der Waals surface area (Å²) in [6.07, 6.45) is -3.13. The Labute approximate surface area is 283 Å². The summed E-state index contributed by atoms with van der Waals surface area (Å²) < 4.78 is 16.6. The Morgan fingerprint density at radius 2 is 1.28 bits per heavy atom. The van der Waals surface area contributed by atoms with E-state index in [1.54, 1.807) is 30.3 Å². The number of phenols is 5. The number of carbonyl (C=O) groups excluding carboxylic acids is 2. The summed E-state index contributed by atoms with van der Waals surface area (Å²) in [5.74, 6) is -9.36. The molecule has 0 aromatic heterocycles. The third-order valence-electron chi connectivity index (χ3n) is 7.84. The summed E-state index contributed by atoms with van der Waals surface area (Å²) in [4.78, 5) is 50.8. The molecule has 1 aliphatic rings. The molecule has 0 unspecified atom stereocenters. The van der Waals surface area contributed by atoms with Crippen molar-refractivity contribution in [3.05, 3.63) is 113 Å². The highest BCUT2D eigenvalue weighted by molar-refractivity contribution is 5.92. The third-order valence-corrected chi connectivity index (χ3v) is 7.84. The number of carboxylic acids is 2. The number of carbonyl (C=O) groups is 4. The van der Waals surface area contributed by atoms with Crippen molar-refractivity contribution in [2.75, 3.05) is 0 Å². The molecule has 50 heavy (non-hydrogen) atoms. The van der Waals surface area contributed by atoms with Gasteiger partial charge < -0.3 is 50.0 Å². The molecule has 0 aliphatic carbocycles. The maximum Gasteiger partial charge on any atom is 0.345 e. The van der Waals surface area contributed by atoms with Crippen LogP contribution < -0.4 is 4.74 Å². The van der Waals surface area contributed by atoms with Crippen LogP contribution in [0.1, 0.15) is 39.8 Å². The van der Waals surface area contributed by atoms with Crippen molar-refractivity contribution in [3.8, 4) is 34.5 Å². The number of rotatable bonds is 12. The van der Waals surface area contributed by atoms with Gasteiger partial charge in [0.05, 0.1) is 0 Å². The number of carboxylic acid groups (broad SMARTS) is 2. The number of benzene rings is 4. The van der Waals surface area contributed by atoms with Gasteiger partial charge in [-0.05, 0) is 58.7 Å². The lowest BCUT2D eigenvalue weighted by molar-refractivity contribution is -0.166. The van der Waals surface area contributed by atoms with Gasteiger partial charge in [0.2, 0.25) is 12.2 Å². The van der Waals surface area contributed by atoms with Crippen molar-refractivity contribution >= 4 is 30.0 Å². The molecule has 4 aromatic carbocycles. The van der Waals surface area contributed by atoms with E-state index in [2.05, 4.69) is 0 Å². The minimum absolute atomic E-state index is 0.0397. The van der Waals surface area contributed by atoms with E-state index in [4.69, 9.17) is 14.2 Å². The zero-order valence-electron chi connectivity index (χ0n) is 25.9. The molecule has 0 spiro atoms. The summed E-state index contributed by atoms with van der Waals surface area (Å²) in [6, 6.07) is 18.1. The largest absolute Gasteiger partial charge is 0.504 e. The second kappa shape index (κ2) is 14.6. The van der Waals surface area contributed by atoms with Crippen LogP contribution in [0.5, 0.6) is 34.5 Å². The molecular formula is C36H30O14. The van der Waals surface area contributed by atoms with Crippen LogP contribution in [-0.2, 0) is 41.5 Å². The molecule has 0 saturated carbocycles. The van der Waals surface area contributed by atoms with Gasteiger partial charge in [-0.15, -0.1) is 0 Å². The smallest absolute Gasteiger partial charge is 0.345 e. The highest BCUT2D eigenvalue weighted by Gasteiger charge is 2.46. The Balaban J connectivity index is 1.48. The Morgan fingerprint density at radius 3 is 1.92 bits per heavy atom. The van der Waals surface area contributed by atoms with E-state index in [0.717, 1.165) is 30.3 Å². The second-order valence-corrected chi connectivity index (χ2v) is 11.3. The van der Waals surface area contributed by atoms with Crippen LogP contribution in [0.25, 0.3) is 6.08 Å². The molecule has 14 nitrogen and oxygen atoms in total. The molecule has 4 aromatic rings. The Bertz CT molecular complexity index is 1970. The lowest BCUT2D eigenvalue weighted by Gasteiger charge is -2.22. The number of aliphatic carboxylic acids is 2. The monoisotopic (exact) mass is 686 g/mol. The normalized spacial score (nSPS) is 16.2. The first-order valence-corrected chi connectivity index (χ1v) is 15.0. The van der Waals surface area contributed by atoms with Crippen LogP contribution in [-0.4, -0.2) is 71.8 Å². The number of aromatic hydroxyl groups is 5. The highest BCUT2D eigenvalue weighted by atomic mass is 16.6. The molecule has 0 saturated heterocycles. The lowest BCUT2D eigenvalue weighted by atomic mass is 9.87. The second-order valence-electron chi connectivity index (χ2n) is 11.3. The summed E-state index contributed by atoms with van der Waals surface area (Å²) in [7, 11) is 0. The van der Waals surface area contributed by atoms with E-state index in [9.17, 15) is 54.9 Å². The molecule has 258 valence electrons. The van der Waals surface area contributed by atoms with E-state index in [-0.39, 0.29) is 34.4 Å². The van der Waals surface area contributed by atoms with Crippen molar-refractivity contribution in [1.82, 2.24) is 0 Å². The molecular weight excluding hydrogens is 656 g/mol. The van der Waals surface area contributed by atoms with Crippen molar-refractivity contribution in [2.45, 2.75) is 37.1 Å². The zero-order valence-corrected chi connectivity index (χ0v) is 25.9. The van der Waals surface area contributed by atoms with Crippen molar-refractivity contribution in [1.29, 1.82) is 0 Å². The number of hydrogen-bond donors (Lipinski definition) is 7. The van der Waals surface area contributed by atoms with Crippen molar-refractivity contribution in [3.63, 3.8) is 0 Å². The summed E-state index contributed by atoms with van der Waals surface area (Å²) >= 11 is 0. The van der Waals surface area contributed by atoms with Gasteiger partial charge in [-0.1, -0.05) is 48.5 Å². The number of fused-ring (bicyclic) bond motifs is 1. The van der Waals surface area contributed by atoms with Gasteiger partial charge in [0, 0.05) is 24.5 Å². The molecule has 1 aliphatic heterocycles. The molecule has 0 amide bonds. The SMILES string of the molecule is O=C(/C=C/c1ccc(O)c2c1[C@H](C(=O)O[C@H](Cc1ccc(O)c(O)c1)C(=O)O)[C@@H](c1ccc(O)c(O)c1)O2)O[C@H](Cc1ccccc1)C(=O)O. The number of phenolic OH excluding ortho intramolecular Hbond substituents is 5. The Kier molecular flexibility index (Phi) is 10.1. The van der Waals surface area contributed by atoms with Gasteiger partial charge in [0.1, 0.15) is 12.0 Å². The highest BCUT2D eigenvalue weighted by Crippen LogP contribution is 2.53. The van der Waals surface area contributed by atoms with Crippen LogP contribution in [0.15, 0.2) is 84.9 Å². The lowest BCUT2D eigenvalue weighted by Crippen LogP contribution is -2.33. The Hall–Kier alpha value is -6.70. The summed E-state index contributed by atoms with van der Waals surface area (Å²) in [5, 5.41) is 69.8. The van der Waals surface area contributed by atoms with E-state index in [0.29, 0.717) is 5.56 Å². The molecule has 4 atom stereocenters. The van der Waals surface area contributed by atoms with E-state index in [1.807, 2.05) is 0 Å². The Morgan fingerprint density at radius 1 is 0.680 bits per heavy atom. The first-order valence-electron chi connectivity index (χ1n) is 15.0. The predicted octanol–water partition coefficient (Wildman–Crippen LogP) is 3.92. The van der Waals surface area contributed by atoms with E-state index >= 15 is 0 Å². The van der Waals surface area contributed by atoms with Crippen LogP contribution >= 0.6 is 0 Å². The zero-order chi connectivity index (χ0) is 36.1. The third kappa shape index (κ3) is 7.71. The quantitative estimate of drug-likeness (QED) is 0.0635. The van der Waals surface area contributed by atoms with Gasteiger partial charge in [0.25, 0.3) is 0 Å². The topological polar surface area (TPSA) is 238 Å². The average Bonchev–Trinajstić information content (AvgIpc) is 3.49. The van der Waals surface area contributed by atoms with Gasteiger partial charge in [-0.2, -0.15) is 0 Å². The molecule has 14 heteroatoms. The van der Waals surface area contributed by atoms with Crippen LogP contribution in [0.2, 0.25) is 0 Å². The number of ether oxygens (including phenoxy) is 3. The molecule has 0 bridgehead atoms. The maximum atomic E-state index is 13.9. The van der Waals surface area contributed by atoms with Crippen molar-refractivity contribution in [2.24, 2.45) is 0 Å². The molecule has 5 rings (SSSR count). The van der Waals surface area contributed by atoms with Crippen LogP contribution in [0.3, 0.4) is 0 Å². The summed E-state index contributed by atoms with van der Waals surface area (Å²) in [5.41, 5.74) is 0.998. The maximum absolute atomic E-state index is 13.9. The standard InChI is InChI=1S/C36H30O14/c37-22-10-6-19(14-25(22)40)16-28(35(45)46)49-36(47)31-30-20(9-13-29(42)48-27(34(43)44)15-18-4-2-1-3-5-18)7-12-24(39)33(30)50-32(31)21-8-11-23(38)26(41)17-21/h1-14,17,27-28,31-32,37-41H,15-16H2,(H,43,44)(H,45,46)/b13-9+/t27-,28-,31+,32-/m1/s1. The minimum Gasteiger partial charge on any atom is -0.504 e. The van der Waals surface area contributed by atoms with Crippen LogP contribution in [0, 0.1) is 0 Å². The fourth-order valence-corrected chi connectivity index (χ4v) is 5.41. The minimum atomic E-state index is -1.81. The molecule has 1 heterocycles. The van der Waals surface area contributed by atoms with Gasteiger partial charge in [0.15, 0.2) is 34.5 Å². The first-order chi connectivity index (χ1) is 23.8. The first kappa shape index (κ1) is 34.6. The van der Waals surface area contributed by atoms with Gasteiger partial charge in [-0.3, -0.25) is 4.79 Å².